The maximum atomic E-state index is 12.1. The van der Waals surface area contributed by atoms with Crippen molar-refractivity contribution in [2.75, 3.05) is 7.11 Å². The number of carbonyl (C=O) groups is 1. The summed E-state index contributed by atoms with van der Waals surface area (Å²) in [6.45, 7) is 5.25. The Kier molecular flexibility index (Phi) is 7.40. The molecule has 0 bridgehead atoms. The van der Waals surface area contributed by atoms with Gasteiger partial charge in [0.05, 0.1) is 7.11 Å². The number of hydrogen-bond acceptors (Lipinski definition) is 7. The van der Waals surface area contributed by atoms with Gasteiger partial charge in [-0.3, -0.25) is 0 Å². The first-order valence-corrected chi connectivity index (χ1v) is 11.6. The molecule has 7 nitrogen and oxygen atoms in total. The van der Waals surface area contributed by atoms with Crippen LogP contribution in [-0.2, 0) is 4.74 Å². The molecule has 0 atom stereocenters. The van der Waals surface area contributed by atoms with Gasteiger partial charge in [0.1, 0.15) is 23.0 Å². The van der Waals surface area contributed by atoms with Gasteiger partial charge >= 0.3 is 6.16 Å². The summed E-state index contributed by atoms with van der Waals surface area (Å²) >= 11 is 0. The number of nitriles is 1. The summed E-state index contributed by atoms with van der Waals surface area (Å²) in [5.74, 6) is 1.29. The molecule has 0 fully saturated rings. The van der Waals surface area contributed by atoms with Crippen LogP contribution in [0.5, 0.6) is 11.5 Å². The number of nitrogens with zero attached hydrogens (tertiary/aromatic N) is 2. The van der Waals surface area contributed by atoms with Crippen molar-refractivity contribution in [3.63, 3.8) is 0 Å². The fraction of sp³-hybridized carbons (Fsp3) is 0.167. The maximum absolute atomic E-state index is 12.1. The Balaban J connectivity index is 1.69. The van der Waals surface area contributed by atoms with E-state index in [0.29, 0.717) is 28.2 Å². The molecule has 0 N–H and O–H groups in total. The van der Waals surface area contributed by atoms with Crippen LogP contribution in [0.3, 0.4) is 0 Å². The average Bonchev–Trinajstić information content (AvgIpc) is 3.26. The van der Waals surface area contributed by atoms with Crippen molar-refractivity contribution < 1.29 is 23.4 Å². The zero-order valence-corrected chi connectivity index (χ0v) is 21.0. The predicted molar refractivity (Wildman–Crippen MR) is 141 cm³/mol. The molecule has 4 rings (SSSR count). The monoisotopic (exact) mass is 494 g/mol. The van der Waals surface area contributed by atoms with Gasteiger partial charge in [-0.15, -0.1) is 0 Å². The smallest absolute Gasteiger partial charge is 0.493 e. The van der Waals surface area contributed by atoms with Gasteiger partial charge in [0.2, 0.25) is 5.88 Å². The number of furan rings is 1. The van der Waals surface area contributed by atoms with E-state index in [1.54, 1.807) is 45.2 Å². The molecule has 0 unspecified atom stereocenters. The molecule has 37 heavy (non-hydrogen) atoms. The third-order valence-corrected chi connectivity index (χ3v) is 5.20. The molecule has 0 aliphatic heterocycles. The standard InChI is InChI=1S/C30H26N2O5/c1-30(2,3)37-29(33)35-24-16-15-20(17-25(24)34-4)19-32-28-23(18-31)26(21-11-7-5-8-12-21)27(36-28)22-13-9-6-10-14-22/h5-17,19H,1-4H3/b32-19+. The lowest BCUT2D eigenvalue weighted by Crippen LogP contribution is -2.26. The van der Waals surface area contributed by atoms with Gasteiger partial charge < -0.3 is 18.6 Å². The number of aliphatic imine (C=N–C) groups is 1. The van der Waals surface area contributed by atoms with Crippen molar-refractivity contribution in [2.45, 2.75) is 26.4 Å². The molecule has 3 aromatic carbocycles. The van der Waals surface area contributed by atoms with Crippen molar-refractivity contribution >= 4 is 18.3 Å². The van der Waals surface area contributed by atoms with E-state index in [4.69, 9.17) is 18.6 Å². The van der Waals surface area contributed by atoms with E-state index in [-0.39, 0.29) is 11.6 Å². The molecule has 0 radical (unpaired) electrons. The molecule has 4 aromatic rings. The van der Waals surface area contributed by atoms with Crippen molar-refractivity contribution in [3.05, 3.63) is 90.0 Å². The van der Waals surface area contributed by atoms with Crippen LogP contribution in [0.1, 0.15) is 31.9 Å². The Morgan fingerprint density at radius 2 is 1.59 bits per heavy atom. The molecule has 1 heterocycles. The second-order valence-corrected chi connectivity index (χ2v) is 9.07. The first-order valence-electron chi connectivity index (χ1n) is 11.6. The van der Waals surface area contributed by atoms with E-state index in [1.807, 2.05) is 60.7 Å². The van der Waals surface area contributed by atoms with Gasteiger partial charge in [-0.25, -0.2) is 9.79 Å². The molecule has 7 heteroatoms. The van der Waals surface area contributed by atoms with Crippen molar-refractivity contribution in [2.24, 2.45) is 4.99 Å². The minimum atomic E-state index is -0.830. The fourth-order valence-electron chi connectivity index (χ4n) is 3.63. The summed E-state index contributed by atoms with van der Waals surface area (Å²) in [7, 11) is 1.47. The normalized spacial score (nSPS) is 11.2. The van der Waals surface area contributed by atoms with Crippen LogP contribution in [0.15, 0.2) is 88.3 Å². The lowest BCUT2D eigenvalue weighted by atomic mass is 9.98. The lowest BCUT2D eigenvalue weighted by Gasteiger charge is -2.19. The highest BCUT2D eigenvalue weighted by molar-refractivity contribution is 5.90. The predicted octanol–water partition coefficient (Wildman–Crippen LogP) is 7.56. The Morgan fingerprint density at radius 3 is 2.19 bits per heavy atom. The van der Waals surface area contributed by atoms with Crippen molar-refractivity contribution in [1.29, 1.82) is 5.26 Å². The van der Waals surface area contributed by atoms with Gasteiger partial charge in [0.25, 0.3) is 0 Å². The number of hydrogen-bond donors (Lipinski definition) is 0. The molecule has 1 aromatic heterocycles. The Hall–Kier alpha value is -4.83. The van der Waals surface area contributed by atoms with E-state index in [0.717, 1.165) is 11.1 Å². The molecule has 0 saturated heterocycles. The largest absolute Gasteiger partial charge is 0.514 e. The van der Waals surface area contributed by atoms with Crippen LogP contribution in [0.2, 0.25) is 0 Å². The lowest BCUT2D eigenvalue weighted by molar-refractivity contribution is 0.0201. The minimum absolute atomic E-state index is 0.188. The molecular weight excluding hydrogens is 468 g/mol. The molecule has 0 aliphatic rings. The molecule has 0 saturated carbocycles. The highest BCUT2D eigenvalue weighted by Crippen LogP contribution is 2.42. The number of methoxy groups -OCH3 is 1. The Morgan fingerprint density at radius 1 is 0.946 bits per heavy atom. The van der Waals surface area contributed by atoms with Gasteiger partial charge in [0, 0.05) is 17.3 Å². The highest BCUT2D eigenvalue weighted by Gasteiger charge is 2.23. The van der Waals surface area contributed by atoms with Crippen molar-refractivity contribution in [3.8, 4) is 40.0 Å². The van der Waals surface area contributed by atoms with Crippen LogP contribution in [0.25, 0.3) is 22.5 Å². The van der Waals surface area contributed by atoms with Gasteiger partial charge in [-0.1, -0.05) is 60.7 Å². The van der Waals surface area contributed by atoms with Crippen molar-refractivity contribution in [1.82, 2.24) is 0 Å². The number of carbonyl (C=O) groups excluding carboxylic acids is 1. The van der Waals surface area contributed by atoms with Gasteiger partial charge in [-0.2, -0.15) is 5.26 Å². The van der Waals surface area contributed by atoms with Crippen LogP contribution >= 0.6 is 0 Å². The Bertz CT molecular complexity index is 1460. The van der Waals surface area contributed by atoms with E-state index in [9.17, 15) is 10.1 Å². The second kappa shape index (κ2) is 10.8. The SMILES string of the molecule is COc1cc(/C=N/c2oc(-c3ccccc3)c(-c3ccccc3)c2C#N)ccc1OC(=O)OC(C)(C)C. The van der Waals surface area contributed by atoms with Gasteiger partial charge in [-0.05, 0) is 50.1 Å². The topological polar surface area (TPSA) is 94.0 Å². The third-order valence-electron chi connectivity index (χ3n) is 5.20. The second-order valence-electron chi connectivity index (χ2n) is 9.07. The summed E-state index contributed by atoms with van der Waals surface area (Å²) in [5, 5.41) is 10.0. The average molecular weight is 495 g/mol. The van der Waals surface area contributed by atoms with E-state index in [2.05, 4.69) is 11.1 Å². The molecule has 186 valence electrons. The molecule has 0 spiro atoms. The Labute approximate surface area is 215 Å². The summed E-state index contributed by atoms with van der Waals surface area (Å²) in [6.07, 6.45) is 0.728. The zero-order valence-electron chi connectivity index (χ0n) is 21.0. The highest BCUT2D eigenvalue weighted by atomic mass is 16.7. The first-order chi connectivity index (χ1) is 17.8. The summed E-state index contributed by atoms with van der Waals surface area (Å²) in [6, 6.07) is 26.4. The van der Waals surface area contributed by atoms with E-state index >= 15 is 0 Å². The first kappa shape index (κ1) is 25.3. The van der Waals surface area contributed by atoms with E-state index in [1.165, 1.54) is 7.11 Å². The quantitative estimate of drug-likeness (QED) is 0.156. The summed E-state index contributed by atoms with van der Waals surface area (Å²) in [5.41, 5.74) is 2.67. The molecular formula is C30H26N2O5. The van der Waals surface area contributed by atoms with Crippen LogP contribution in [0, 0.1) is 11.3 Å². The zero-order chi connectivity index (χ0) is 26.4. The maximum Gasteiger partial charge on any atom is 0.514 e. The fourth-order valence-corrected chi connectivity index (χ4v) is 3.63. The van der Waals surface area contributed by atoms with E-state index < -0.39 is 11.8 Å². The number of ether oxygens (including phenoxy) is 3. The van der Waals surface area contributed by atoms with Gasteiger partial charge in [0.15, 0.2) is 11.5 Å². The third kappa shape index (κ3) is 6.06. The van der Waals surface area contributed by atoms with Crippen LogP contribution in [-0.4, -0.2) is 25.1 Å². The molecule has 0 amide bonds. The van der Waals surface area contributed by atoms with Crippen LogP contribution in [0.4, 0.5) is 10.7 Å². The molecule has 0 aliphatic carbocycles. The minimum Gasteiger partial charge on any atom is -0.493 e. The number of benzene rings is 3. The summed E-state index contributed by atoms with van der Waals surface area (Å²) < 4.78 is 22.0. The van der Waals surface area contributed by atoms with Crippen LogP contribution < -0.4 is 9.47 Å². The summed E-state index contributed by atoms with van der Waals surface area (Å²) in [4.78, 5) is 16.6. The number of rotatable bonds is 6.